The number of hydrogen-bond acceptors (Lipinski definition) is 8. The Labute approximate surface area is 252 Å². The van der Waals surface area contributed by atoms with Crippen molar-refractivity contribution in [2.45, 2.75) is 57.7 Å². The molecule has 0 aliphatic carbocycles. The number of aliphatic hydroxyl groups is 1. The third kappa shape index (κ3) is 6.31. The lowest BCUT2D eigenvalue weighted by Crippen LogP contribution is -2.34. The van der Waals surface area contributed by atoms with Gasteiger partial charge in [0.1, 0.15) is 34.9 Å². The van der Waals surface area contributed by atoms with Crippen molar-refractivity contribution in [3.05, 3.63) is 84.1 Å². The van der Waals surface area contributed by atoms with Gasteiger partial charge in [-0.2, -0.15) is 0 Å². The molecule has 2 aliphatic rings. The molecule has 224 valence electrons. The Hall–Kier alpha value is -4.12. The number of anilines is 2. The van der Waals surface area contributed by atoms with Crippen molar-refractivity contribution >= 4 is 23.1 Å². The molecule has 2 saturated heterocycles. The van der Waals surface area contributed by atoms with E-state index < -0.39 is 6.23 Å². The van der Waals surface area contributed by atoms with Crippen LogP contribution in [0.25, 0.3) is 16.8 Å². The summed E-state index contributed by atoms with van der Waals surface area (Å²) in [5.41, 5.74) is 10.3. The number of hydrogen-bond donors (Lipinski definition) is 3. The first-order valence-electron chi connectivity index (χ1n) is 15.3. The maximum absolute atomic E-state index is 13.0. The number of nitrogens with one attached hydrogen (secondary N) is 1. The maximum atomic E-state index is 13.0. The van der Waals surface area contributed by atoms with Gasteiger partial charge in [-0.25, -0.2) is 15.0 Å². The van der Waals surface area contributed by atoms with Crippen LogP contribution in [-0.2, 0) is 6.42 Å². The summed E-state index contributed by atoms with van der Waals surface area (Å²) in [4.78, 5) is 31.2. The zero-order valence-electron chi connectivity index (χ0n) is 24.7. The number of aryl methyl sites for hydroxylation is 1. The monoisotopic (exact) mass is 580 g/mol. The molecule has 2 aliphatic heterocycles. The molecule has 5 heterocycles. The van der Waals surface area contributed by atoms with Crippen LogP contribution in [0.2, 0.25) is 0 Å². The summed E-state index contributed by atoms with van der Waals surface area (Å²) in [6, 6.07) is 11.2. The Bertz CT molecular complexity index is 1590. The average molecular weight is 581 g/mol. The number of fused-ring (bicyclic) bond motifs is 1. The molecule has 0 saturated carbocycles. The molecular weight excluding hydrogens is 540 g/mol. The fourth-order valence-corrected chi connectivity index (χ4v) is 6.27. The lowest BCUT2D eigenvalue weighted by atomic mass is 10.1. The third-order valence-corrected chi connectivity index (χ3v) is 8.44. The second-order valence-electron chi connectivity index (χ2n) is 11.4. The number of aromatic nitrogens is 4. The summed E-state index contributed by atoms with van der Waals surface area (Å²) in [6.45, 7) is 6.02. The predicted molar refractivity (Wildman–Crippen MR) is 169 cm³/mol. The van der Waals surface area contributed by atoms with Crippen LogP contribution < -0.4 is 11.1 Å². The van der Waals surface area contributed by atoms with Crippen molar-refractivity contribution < 1.29 is 9.90 Å². The van der Waals surface area contributed by atoms with Crippen LogP contribution in [0.4, 0.5) is 11.6 Å². The predicted octanol–water partition coefficient (Wildman–Crippen LogP) is 4.69. The van der Waals surface area contributed by atoms with E-state index in [0.717, 1.165) is 74.3 Å². The molecule has 10 nitrogen and oxygen atoms in total. The van der Waals surface area contributed by atoms with E-state index in [9.17, 15) is 9.90 Å². The van der Waals surface area contributed by atoms with E-state index in [1.165, 1.54) is 12.8 Å². The highest BCUT2D eigenvalue weighted by Crippen LogP contribution is 2.37. The molecule has 0 bridgehead atoms. The van der Waals surface area contributed by atoms with Crippen LogP contribution in [0.5, 0.6) is 0 Å². The quantitative estimate of drug-likeness (QED) is 0.231. The highest BCUT2D eigenvalue weighted by Gasteiger charge is 2.34. The van der Waals surface area contributed by atoms with E-state index in [1.54, 1.807) is 24.5 Å². The molecule has 10 heteroatoms. The minimum Gasteiger partial charge on any atom is -0.382 e. The second-order valence-corrected chi connectivity index (χ2v) is 11.4. The van der Waals surface area contributed by atoms with Crippen molar-refractivity contribution in [1.82, 2.24) is 29.2 Å². The van der Waals surface area contributed by atoms with E-state index in [-0.39, 0.29) is 11.9 Å². The van der Waals surface area contributed by atoms with Crippen LogP contribution in [-0.4, -0.2) is 72.6 Å². The van der Waals surface area contributed by atoms with Crippen molar-refractivity contribution in [2.75, 3.05) is 37.2 Å². The summed E-state index contributed by atoms with van der Waals surface area (Å²) < 4.78 is 2.00. The van der Waals surface area contributed by atoms with Crippen LogP contribution >= 0.6 is 0 Å². The Kier molecular flexibility index (Phi) is 8.78. The average Bonchev–Trinajstić information content (AvgIpc) is 3.78. The molecular formula is C33H40N8O2. The Morgan fingerprint density at radius 1 is 1.12 bits per heavy atom. The van der Waals surface area contributed by atoms with E-state index in [2.05, 4.69) is 38.1 Å². The Morgan fingerprint density at radius 3 is 2.72 bits per heavy atom. The number of imidazole rings is 1. The summed E-state index contributed by atoms with van der Waals surface area (Å²) >= 11 is 0. The number of nitrogen functional groups attached to an aromatic ring is 1. The van der Waals surface area contributed by atoms with Crippen molar-refractivity contribution in [1.29, 1.82) is 0 Å². The largest absolute Gasteiger partial charge is 0.382 e. The SMILES string of the molecule is CCCc1ccnc(NC(=O)c2ccc(-c3nc([C@@H]4CCCN4C(O)/C=C/CN4CCCC4)n4ccnc(N)c34)cc2)c1. The standard InChI is InChI=1S/C33H40N8O2/c1-2-7-23-14-15-35-27(22-23)37-33(43)25-12-10-24(11-13-25)29-30-31(34)36-16-21-41(30)32(38-29)26-8-5-20-40(26)28(42)9-6-19-39-17-3-4-18-39/h6,9-16,21-22,26,28,42H,2-5,7-8,17-20H2,1H3,(H2,34,36)(H,35,37,43)/b9-6+/t26-,28?/m0/s1. The Balaban J connectivity index is 1.23. The first kappa shape index (κ1) is 29.0. The number of carbonyl (C=O) groups excluding carboxylic acids is 1. The van der Waals surface area contributed by atoms with Gasteiger partial charge in [-0.3, -0.25) is 19.0 Å². The van der Waals surface area contributed by atoms with E-state index in [1.807, 2.05) is 40.9 Å². The van der Waals surface area contributed by atoms with Crippen molar-refractivity contribution in [3.63, 3.8) is 0 Å². The minimum absolute atomic E-state index is 0.0736. The molecule has 1 unspecified atom stereocenters. The molecule has 0 spiro atoms. The van der Waals surface area contributed by atoms with Gasteiger partial charge in [0.25, 0.3) is 5.91 Å². The highest BCUT2D eigenvalue weighted by molar-refractivity contribution is 6.04. The van der Waals surface area contributed by atoms with Gasteiger partial charge in [0.2, 0.25) is 0 Å². The Morgan fingerprint density at radius 2 is 1.93 bits per heavy atom. The number of benzene rings is 1. The smallest absolute Gasteiger partial charge is 0.256 e. The number of aliphatic hydroxyl groups excluding tert-OH is 1. The first-order valence-corrected chi connectivity index (χ1v) is 15.3. The number of amides is 1. The van der Waals surface area contributed by atoms with Crippen molar-refractivity contribution in [2.24, 2.45) is 0 Å². The fourth-order valence-electron chi connectivity index (χ4n) is 6.27. The first-order chi connectivity index (χ1) is 21.0. The molecule has 43 heavy (non-hydrogen) atoms. The molecule has 3 aromatic heterocycles. The van der Waals surface area contributed by atoms with Gasteiger partial charge in [-0.15, -0.1) is 0 Å². The number of rotatable bonds is 10. The fraction of sp³-hybridized carbons (Fsp3) is 0.394. The minimum atomic E-state index is -0.694. The van der Waals surface area contributed by atoms with Crippen LogP contribution in [0.3, 0.4) is 0 Å². The maximum Gasteiger partial charge on any atom is 0.256 e. The zero-order valence-corrected chi connectivity index (χ0v) is 24.7. The third-order valence-electron chi connectivity index (χ3n) is 8.44. The van der Waals surface area contributed by atoms with Gasteiger partial charge in [0.05, 0.1) is 6.04 Å². The topological polar surface area (TPSA) is 125 Å². The van der Waals surface area contributed by atoms with Gasteiger partial charge in [-0.1, -0.05) is 31.6 Å². The van der Waals surface area contributed by atoms with Crippen molar-refractivity contribution in [3.8, 4) is 11.3 Å². The van der Waals surface area contributed by atoms with E-state index >= 15 is 0 Å². The van der Waals surface area contributed by atoms with E-state index in [0.29, 0.717) is 22.9 Å². The molecule has 1 amide bonds. The number of pyridine rings is 1. The molecule has 0 radical (unpaired) electrons. The van der Waals surface area contributed by atoms with E-state index in [4.69, 9.17) is 10.7 Å². The molecule has 1 aromatic carbocycles. The number of carbonyl (C=O) groups is 1. The number of likely N-dealkylation sites (tertiary alicyclic amines) is 2. The zero-order chi connectivity index (χ0) is 29.8. The van der Waals surface area contributed by atoms with Gasteiger partial charge >= 0.3 is 0 Å². The summed E-state index contributed by atoms with van der Waals surface area (Å²) in [7, 11) is 0. The lowest BCUT2D eigenvalue weighted by Gasteiger charge is -2.27. The lowest BCUT2D eigenvalue weighted by molar-refractivity contribution is 0.0289. The van der Waals surface area contributed by atoms with Crippen LogP contribution in [0, 0.1) is 0 Å². The normalized spacial score (nSPS) is 18.6. The summed E-state index contributed by atoms with van der Waals surface area (Å²) in [5.74, 6) is 1.52. The summed E-state index contributed by atoms with van der Waals surface area (Å²) in [6.07, 6.45) is 14.9. The number of nitrogens with zero attached hydrogens (tertiary/aromatic N) is 6. The second kappa shape index (κ2) is 13.0. The summed E-state index contributed by atoms with van der Waals surface area (Å²) in [5, 5.41) is 14.0. The van der Waals surface area contributed by atoms with Gasteiger partial charge in [0, 0.05) is 42.8 Å². The van der Waals surface area contributed by atoms with Gasteiger partial charge in [-0.05, 0) is 81.1 Å². The molecule has 4 N–H and O–H groups in total. The molecule has 2 fully saturated rings. The molecule has 4 aromatic rings. The van der Waals surface area contributed by atoms with Crippen LogP contribution in [0.15, 0.2) is 67.1 Å². The highest BCUT2D eigenvalue weighted by atomic mass is 16.3. The number of nitrogens with two attached hydrogens (primary N) is 1. The molecule has 6 rings (SSSR count). The molecule has 2 atom stereocenters. The van der Waals surface area contributed by atoms with Gasteiger partial charge < -0.3 is 16.2 Å². The van der Waals surface area contributed by atoms with Gasteiger partial charge in [0.15, 0.2) is 0 Å². The van der Waals surface area contributed by atoms with Crippen LogP contribution in [0.1, 0.15) is 66.8 Å².